The second-order valence-electron chi connectivity index (χ2n) is 6.00. The molecule has 0 aromatic heterocycles. The molecule has 0 bridgehead atoms. The SMILES string of the molecule is Cl.NCCCCCCC(=O)Nc1cccc(NS(=O)(=O)c2ccccc2)c1. The Hall–Kier alpha value is -2.09. The summed E-state index contributed by atoms with van der Waals surface area (Å²) in [5, 5.41) is 2.80. The first-order chi connectivity index (χ1) is 12.5. The molecule has 2 aromatic carbocycles. The largest absolute Gasteiger partial charge is 0.330 e. The summed E-state index contributed by atoms with van der Waals surface area (Å²) in [7, 11) is -3.65. The Bertz CT molecular complexity index is 814. The lowest BCUT2D eigenvalue weighted by Crippen LogP contribution is -2.14. The molecule has 8 heteroatoms. The van der Waals surface area contributed by atoms with Crippen molar-refractivity contribution in [1.29, 1.82) is 0 Å². The molecular weight excluding hydrogens is 386 g/mol. The Morgan fingerprint density at radius 1 is 0.889 bits per heavy atom. The van der Waals surface area contributed by atoms with Gasteiger partial charge in [-0.2, -0.15) is 0 Å². The molecular formula is C19H26ClN3O3S. The van der Waals surface area contributed by atoms with E-state index in [2.05, 4.69) is 10.0 Å². The molecule has 0 heterocycles. The molecule has 148 valence electrons. The molecule has 2 aromatic rings. The Kier molecular flexibility index (Phi) is 9.85. The van der Waals surface area contributed by atoms with Crippen LogP contribution in [0.2, 0.25) is 0 Å². The van der Waals surface area contributed by atoms with Crippen LogP contribution in [0.3, 0.4) is 0 Å². The summed E-state index contributed by atoms with van der Waals surface area (Å²) in [6.45, 7) is 0.678. The van der Waals surface area contributed by atoms with Crippen molar-refractivity contribution in [1.82, 2.24) is 0 Å². The molecule has 0 saturated heterocycles. The number of carbonyl (C=O) groups excluding carboxylic acids is 1. The predicted octanol–water partition coefficient (Wildman–Crippen LogP) is 3.76. The van der Waals surface area contributed by atoms with Crippen molar-refractivity contribution in [3.8, 4) is 0 Å². The summed E-state index contributed by atoms with van der Waals surface area (Å²) in [5.74, 6) is -0.0826. The van der Waals surface area contributed by atoms with Gasteiger partial charge in [-0.05, 0) is 49.7 Å². The van der Waals surface area contributed by atoms with Crippen LogP contribution < -0.4 is 15.8 Å². The average molecular weight is 412 g/mol. The van der Waals surface area contributed by atoms with E-state index in [-0.39, 0.29) is 23.2 Å². The lowest BCUT2D eigenvalue weighted by Gasteiger charge is -2.10. The average Bonchev–Trinajstić information content (AvgIpc) is 2.62. The van der Waals surface area contributed by atoms with Crippen molar-refractivity contribution >= 4 is 39.7 Å². The zero-order chi connectivity index (χ0) is 18.8. The molecule has 0 spiro atoms. The van der Waals surface area contributed by atoms with Gasteiger partial charge in [0.2, 0.25) is 5.91 Å². The van der Waals surface area contributed by atoms with Gasteiger partial charge < -0.3 is 11.1 Å². The molecule has 2 rings (SSSR count). The van der Waals surface area contributed by atoms with E-state index in [1.807, 2.05) is 0 Å². The van der Waals surface area contributed by atoms with E-state index >= 15 is 0 Å². The monoisotopic (exact) mass is 411 g/mol. The quantitative estimate of drug-likeness (QED) is 0.518. The van der Waals surface area contributed by atoms with Crippen LogP contribution in [0.5, 0.6) is 0 Å². The highest BCUT2D eigenvalue weighted by atomic mass is 35.5. The third-order valence-electron chi connectivity index (χ3n) is 3.81. The first-order valence-corrected chi connectivity index (χ1v) is 10.2. The van der Waals surface area contributed by atoms with Crippen molar-refractivity contribution in [2.75, 3.05) is 16.6 Å². The molecule has 0 unspecified atom stereocenters. The standard InChI is InChI=1S/C19H25N3O3S.ClH/c20-14-7-2-1-6-13-19(23)21-16-9-8-10-17(15-16)22-26(24,25)18-11-4-3-5-12-18;/h3-5,8-12,15,22H,1-2,6-7,13-14,20H2,(H,21,23);1H. The minimum atomic E-state index is -3.65. The smallest absolute Gasteiger partial charge is 0.261 e. The van der Waals surface area contributed by atoms with Gasteiger partial charge in [0, 0.05) is 12.1 Å². The summed E-state index contributed by atoms with van der Waals surface area (Å²) >= 11 is 0. The highest BCUT2D eigenvalue weighted by Gasteiger charge is 2.13. The highest BCUT2D eigenvalue weighted by Crippen LogP contribution is 2.19. The number of unbranched alkanes of at least 4 members (excludes halogenated alkanes) is 3. The second kappa shape index (κ2) is 11.6. The number of benzene rings is 2. The molecule has 0 aliphatic carbocycles. The first-order valence-electron chi connectivity index (χ1n) is 8.69. The zero-order valence-corrected chi connectivity index (χ0v) is 16.7. The summed E-state index contributed by atoms with van der Waals surface area (Å²) in [6, 6.07) is 14.8. The van der Waals surface area contributed by atoms with Crippen molar-refractivity contribution in [3.63, 3.8) is 0 Å². The number of carbonyl (C=O) groups is 1. The van der Waals surface area contributed by atoms with E-state index in [1.54, 1.807) is 42.5 Å². The number of sulfonamides is 1. The van der Waals surface area contributed by atoms with Crippen LogP contribution in [-0.2, 0) is 14.8 Å². The number of halogens is 1. The molecule has 0 aliphatic rings. The number of nitrogens with one attached hydrogen (secondary N) is 2. The molecule has 0 radical (unpaired) electrons. The van der Waals surface area contributed by atoms with Gasteiger partial charge in [0.25, 0.3) is 10.0 Å². The number of anilines is 2. The molecule has 0 atom stereocenters. The maximum absolute atomic E-state index is 12.4. The fraction of sp³-hybridized carbons (Fsp3) is 0.316. The molecule has 1 amide bonds. The molecule has 4 N–H and O–H groups in total. The maximum Gasteiger partial charge on any atom is 0.261 e. The summed E-state index contributed by atoms with van der Waals surface area (Å²) in [4.78, 5) is 12.2. The van der Waals surface area contributed by atoms with Crippen LogP contribution in [0.15, 0.2) is 59.5 Å². The fourth-order valence-corrected chi connectivity index (χ4v) is 3.55. The van der Waals surface area contributed by atoms with E-state index in [0.29, 0.717) is 24.3 Å². The number of hydrogen-bond donors (Lipinski definition) is 3. The number of hydrogen-bond acceptors (Lipinski definition) is 4. The highest BCUT2D eigenvalue weighted by molar-refractivity contribution is 7.92. The van der Waals surface area contributed by atoms with Gasteiger partial charge in [-0.3, -0.25) is 9.52 Å². The number of nitrogens with two attached hydrogens (primary N) is 1. The van der Waals surface area contributed by atoms with Crippen LogP contribution in [0.4, 0.5) is 11.4 Å². The Labute approximate surface area is 167 Å². The molecule has 0 aliphatic heterocycles. The van der Waals surface area contributed by atoms with Gasteiger partial charge in [0.1, 0.15) is 0 Å². The number of amides is 1. The van der Waals surface area contributed by atoms with Crippen LogP contribution >= 0.6 is 12.4 Å². The summed E-state index contributed by atoms with van der Waals surface area (Å²) < 4.78 is 27.2. The van der Waals surface area contributed by atoms with Crippen molar-refractivity contribution in [2.45, 2.75) is 37.0 Å². The van der Waals surface area contributed by atoms with Crippen LogP contribution in [0.1, 0.15) is 32.1 Å². The van der Waals surface area contributed by atoms with E-state index in [4.69, 9.17) is 5.73 Å². The van der Waals surface area contributed by atoms with Gasteiger partial charge in [0.05, 0.1) is 10.6 Å². The Morgan fingerprint density at radius 2 is 1.56 bits per heavy atom. The zero-order valence-electron chi connectivity index (χ0n) is 15.1. The van der Waals surface area contributed by atoms with Crippen LogP contribution in [0, 0.1) is 0 Å². The van der Waals surface area contributed by atoms with Gasteiger partial charge in [0.15, 0.2) is 0 Å². The third kappa shape index (κ3) is 7.99. The molecule has 27 heavy (non-hydrogen) atoms. The molecule has 0 saturated carbocycles. The lowest BCUT2D eigenvalue weighted by atomic mass is 10.1. The molecule has 0 fully saturated rings. The predicted molar refractivity (Wildman–Crippen MR) is 112 cm³/mol. The van der Waals surface area contributed by atoms with Gasteiger partial charge in [-0.25, -0.2) is 8.42 Å². The number of rotatable bonds is 10. The van der Waals surface area contributed by atoms with E-state index in [1.165, 1.54) is 12.1 Å². The van der Waals surface area contributed by atoms with Gasteiger partial charge >= 0.3 is 0 Å². The summed E-state index contributed by atoms with van der Waals surface area (Å²) in [5.41, 5.74) is 6.40. The van der Waals surface area contributed by atoms with E-state index in [0.717, 1.165) is 25.7 Å². The Morgan fingerprint density at radius 3 is 2.26 bits per heavy atom. The lowest BCUT2D eigenvalue weighted by molar-refractivity contribution is -0.116. The van der Waals surface area contributed by atoms with Crippen molar-refractivity contribution in [3.05, 3.63) is 54.6 Å². The Balaban J connectivity index is 0.00000364. The normalized spacial score (nSPS) is 10.7. The maximum atomic E-state index is 12.4. The van der Waals surface area contributed by atoms with E-state index in [9.17, 15) is 13.2 Å². The van der Waals surface area contributed by atoms with Gasteiger partial charge in [-0.15, -0.1) is 12.4 Å². The van der Waals surface area contributed by atoms with Crippen molar-refractivity contribution in [2.24, 2.45) is 5.73 Å². The van der Waals surface area contributed by atoms with Crippen molar-refractivity contribution < 1.29 is 13.2 Å². The van der Waals surface area contributed by atoms with E-state index < -0.39 is 10.0 Å². The third-order valence-corrected chi connectivity index (χ3v) is 5.21. The minimum absolute atomic E-state index is 0. The topological polar surface area (TPSA) is 101 Å². The first kappa shape index (κ1) is 23.0. The second-order valence-corrected chi connectivity index (χ2v) is 7.68. The molecule has 6 nitrogen and oxygen atoms in total. The minimum Gasteiger partial charge on any atom is -0.330 e. The summed E-state index contributed by atoms with van der Waals surface area (Å²) in [6.07, 6.45) is 4.23. The fourth-order valence-electron chi connectivity index (χ4n) is 2.48. The van der Waals surface area contributed by atoms with Crippen LogP contribution in [-0.4, -0.2) is 20.9 Å². The van der Waals surface area contributed by atoms with Crippen LogP contribution in [0.25, 0.3) is 0 Å². The van der Waals surface area contributed by atoms with Gasteiger partial charge in [-0.1, -0.05) is 37.1 Å².